The molecule has 5 N–H and O–H groups in total. The first-order chi connectivity index (χ1) is 9.34. The number of hydrogen-bond acceptors (Lipinski definition) is 4. The number of rotatable bonds is 3. The van der Waals surface area contributed by atoms with E-state index < -0.39 is 11.3 Å². The molecule has 1 aromatic carbocycles. The molecule has 1 fully saturated rings. The van der Waals surface area contributed by atoms with Crippen LogP contribution in [0.25, 0.3) is 0 Å². The Kier molecular flexibility index (Phi) is 3.99. The van der Waals surface area contributed by atoms with Crippen molar-refractivity contribution in [2.45, 2.75) is 13.0 Å². The van der Waals surface area contributed by atoms with E-state index in [2.05, 4.69) is 5.32 Å². The zero-order valence-corrected chi connectivity index (χ0v) is 11.7. The Balaban J connectivity index is 2.20. The van der Waals surface area contributed by atoms with E-state index in [0.717, 1.165) is 0 Å². The molecule has 2 atom stereocenters. The molecule has 0 aliphatic carbocycles. The molecule has 1 aliphatic heterocycles. The van der Waals surface area contributed by atoms with E-state index >= 15 is 0 Å². The number of anilines is 1. The number of halogens is 1. The summed E-state index contributed by atoms with van der Waals surface area (Å²) in [5.74, 6) is -0.918. The normalized spacial score (nSPS) is 25.4. The maximum atomic E-state index is 12.3. The number of hydrogen-bond donors (Lipinski definition) is 3. The van der Waals surface area contributed by atoms with E-state index in [4.69, 9.17) is 27.8 Å². The molecule has 1 aromatic rings. The maximum Gasteiger partial charge on any atom is 0.250 e. The molecule has 0 saturated carbocycles. The standard InChI is InChI=1S/C13H16ClN3O3/c1-13(6-20-5-10(13)15)12(19)17-7-2-3-9(14)8(4-7)11(16)18/h2-4,10H,5-6,15H2,1H3,(H2,16,18)(H,17,19). The minimum absolute atomic E-state index is 0.154. The zero-order chi connectivity index (χ0) is 14.9. The van der Waals surface area contributed by atoms with Gasteiger partial charge in [-0.3, -0.25) is 9.59 Å². The average Bonchev–Trinajstić information content (AvgIpc) is 2.73. The topological polar surface area (TPSA) is 107 Å². The number of carbonyl (C=O) groups excluding carboxylic acids is 2. The largest absolute Gasteiger partial charge is 0.379 e. The lowest BCUT2D eigenvalue weighted by atomic mass is 9.85. The Hall–Kier alpha value is -1.63. The van der Waals surface area contributed by atoms with Gasteiger partial charge in [0.05, 0.1) is 29.2 Å². The molecular weight excluding hydrogens is 282 g/mol. The molecule has 0 aromatic heterocycles. The van der Waals surface area contributed by atoms with E-state index in [1.54, 1.807) is 13.0 Å². The van der Waals surface area contributed by atoms with Crippen molar-refractivity contribution in [2.24, 2.45) is 16.9 Å². The average molecular weight is 298 g/mol. The highest BCUT2D eigenvalue weighted by Crippen LogP contribution is 2.29. The van der Waals surface area contributed by atoms with Crippen molar-refractivity contribution in [2.75, 3.05) is 18.5 Å². The molecule has 6 nitrogen and oxygen atoms in total. The minimum atomic E-state index is -0.799. The van der Waals surface area contributed by atoms with Crippen molar-refractivity contribution in [1.82, 2.24) is 0 Å². The molecule has 108 valence electrons. The Bertz CT molecular complexity index is 564. The van der Waals surface area contributed by atoms with Crippen molar-refractivity contribution in [3.8, 4) is 0 Å². The van der Waals surface area contributed by atoms with Crippen LogP contribution in [0.1, 0.15) is 17.3 Å². The summed E-state index contributed by atoms with van der Waals surface area (Å²) in [6, 6.07) is 4.17. The fourth-order valence-electron chi connectivity index (χ4n) is 1.99. The third-order valence-corrected chi connectivity index (χ3v) is 3.86. The van der Waals surface area contributed by atoms with Crippen LogP contribution in [0.4, 0.5) is 5.69 Å². The third-order valence-electron chi connectivity index (χ3n) is 3.53. The summed E-state index contributed by atoms with van der Waals surface area (Å²) in [4.78, 5) is 23.5. The Labute approximate surface area is 121 Å². The zero-order valence-electron chi connectivity index (χ0n) is 11.0. The van der Waals surface area contributed by atoms with Gasteiger partial charge in [0.15, 0.2) is 0 Å². The van der Waals surface area contributed by atoms with Gasteiger partial charge in [0.1, 0.15) is 0 Å². The fraction of sp³-hybridized carbons (Fsp3) is 0.385. The Morgan fingerprint density at radius 2 is 2.20 bits per heavy atom. The number of nitrogens with one attached hydrogen (secondary N) is 1. The van der Waals surface area contributed by atoms with Gasteiger partial charge in [-0.15, -0.1) is 0 Å². The van der Waals surface area contributed by atoms with Gasteiger partial charge in [-0.2, -0.15) is 0 Å². The molecular formula is C13H16ClN3O3. The van der Waals surface area contributed by atoms with Gasteiger partial charge >= 0.3 is 0 Å². The monoisotopic (exact) mass is 297 g/mol. The highest BCUT2D eigenvalue weighted by molar-refractivity contribution is 6.34. The second kappa shape index (κ2) is 5.40. The van der Waals surface area contributed by atoms with E-state index in [-0.39, 0.29) is 29.1 Å². The predicted molar refractivity (Wildman–Crippen MR) is 75.5 cm³/mol. The number of ether oxygens (including phenoxy) is 1. The van der Waals surface area contributed by atoms with Crippen molar-refractivity contribution in [1.29, 1.82) is 0 Å². The van der Waals surface area contributed by atoms with Gasteiger partial charge < -0.3 is 21.5 Å². The predicted octanol–water partition coefficient (Wildman–Crippen LogP) is 0.741. The molecule has 0 spiro atoms. The Morgan fingerprint density at radius 1 is 1.50 bits per heavy atom. The van der Waals surface area contributed by atoms with E-state index in [0.29, 0.717) is 12.3 Å². The second-order valence-corrected chi connectivity index (χ2v) is 5.46. The van der Waals surface area contributed by atoms with E-state index in [9.17, 15) is 9.59 Å². The van der Waals surface area contributed by atoms with Gasteiger partial charge in [0, 0.05) is 11.7 Å². The van der Waals surface area contributed by atoms with Gasteiger partial charge in [-0.1, -0.05) is 11.6 Å². The lowest BCUT2D eigenvalue weighted by Crippen LogP contribution is -2.47. The minimum Gasteiger partial charge on any atom is -0.379 e. The van der Waals surface area contributed by atoms with Crippen LogP contribution in [0.15, 0.2) is 18.2 Å². The number of amides is 2. The number of nitrogens with two attached hydrogens (primary N) is 2. The summed E-state index contributed by atoms with van der Waals surface area (Å²) in [6.45, 7) is 2.35. The van der Waals surface area contributed by atoms with Crippen LogP contribution in [-0.4, -0.2) is 31.1 Å². The smallest absolute Gasteiger partial charge is 0.250 e. The summed E-state index contributed by atoms with van der Waals surface area (Å²) >= 11 is 5.85. The van der Waals surface area contributed by atoms with E-state index in [1.165, 1.54) is 12.1 Å². The summed E-state index contributed by atoms with van der Waals surface area (Å²) in [6.07, 6.45) is 0. The van der Waals surface area contributed by atoms with Gasteiger partial charge in [-0.25, -0.2) is 0 Å². The van der Waals surface area contributed by atoms with Gasteiger partial charge in [-0.05, 0) is 25.1 Å². The SMILES string of the molecule is CC1(C(=O)Nc2ccc(Cl)c(C(N)=O)c2)COCC1N. The molecule has 1 aliphatic rings. The summed E-state index contributed by atoms with van der Waals surface area (Å²) in [5.41, 5.74) is 10.9. The molecule has 7 heteroatoms. The molecule has 0 bridgehead atoms. The molecule has 20 heavy (non-hydrogen) atoms. The van der Waals surface area contributed by atoms with Crippen molar-refractivity contribution < 1.29 is 14.3 Å². The maximum absolute atomic E-state index is 12.3. The van der Waals surface area contributed by atoms with Crippen LogP contribution in [0.5, 0.6) is 0 Å². The molecule has 0 radical (unpaired) electrons. The first kappa shape index (κ1) is 14.8. The molecule has 2 rings (SSSR count). The van der Waals surface area contributed by atoms with Gasteiger partial charge in [0.25, 0.3) is 0 Å². The van der Waals surface area contributed by atoms with Crippen LogP contribution < -0.4 is 16.8 Å². The molecule has 1 heterocycles. The summed E-state index contributed by atoms with van der Waals surface area (Å²) < 4.78 is 5.23. The van der Waals surface area contributed by atoms with Crippen LogP contribution in [-0.2, 0) is 9.53 Å². The highest BCUT2D eigenvalue weighted by Gasteiger charge is 2.44. The van der Waals surface area contributed by atoms with Crippen molar-refractivity contribution in [3.63, 3.8) is 0 Å². The molecule has 2 amide bonds. The van der Waals surface area contributed by atoms with Gasteiger partial charge in [0.2, 0.25) is 11.8 Å². The summed E-state index contributed by atoms with van der Waals surface area (Å²) in [7, 11) is 0. The quantitative estimate of drug-likeness (QED) is 0.764. The van der Waals surface area contributed by atoms with Crippen molar-refractivity contribution >= 4 is 29.1 Å². The van der Waals surface area contributed by atoms with Crippen LogP contribution >= 0.6 is 11.6 Å². The molecule has 1 saturated heterocycles. The second-order valence-electron chi connectivity index (χ2n) is 5.05. The first-order valence-electron chi connectivity index (χ1n) is 6.09. The summed E-state index contributed by atoms with van der Waals surface area (Å²) in [5, 5.41) is 2.95. The lowest BCUT2D eigenvalue weighted by Gasteiger charge is -2.25. The number of benzene rings is 1. The van der Waals surface area contributed by atoms with Crippen LogP contribution in [0.2, 0.25) is 5.02 Å². The van der Waals surface area contributed by atoms with Crippen LogP contribution in [0.3, 0.4) is 0 Å². The van der Waals surface area contributed by atoms with E-state index in [1.807, 2.05) is 0 Å². The Morgan fingerprint density at radius 3 is 2.75 bits per heavy atom. The highest BCUT2D eigenvalue weighted by atomic mass is 35.5. The third kappa shape index (κ3) is 2.63. The van der Waals surface area contributed by atoms with Crippen LogP contribution in [0, 0.1) is 5.41 Å². The molecule has 2 unspecified atom stereocenters. The number of primary amides is 1. The lowest BCUT2D eigenvalue weighted by molar-refractivity contribution is -0.125. The number of carbonyl (C=O) groups is 2. The first-order valence-corrected chi connectivity index (χ1v) is 6.46. The van der Waals surface area contributed by atoms with Crippen molar-refractivity contribution in [3.05, 3.63) is 28.8 Å². The fourth-order valence-corrected chi connectivity index (χ4v) is 2.20.